The number of para-hydroxylation sites is 2. The van der Waals surface area contributed by atoms with Gasteiger partial charge in [0.2, 0.25) is 9.99 Å². The highest BCUT2D eigenvalue weighted by Crippen LogP contribution is 2.22. The van der Waals surface area contributed by atoms with Gasteiger partial charge in [-0.05, 0) is 50.3 Å². The van der Waals surface area contributed by atoms with Gasteiger partial charge < -0.3 is 14.3 Å². The zero-order chi connectivity index (χ0) is 19.9. The monoisotopic (exact) mass is 400 g/mol. The van der Waals surface area contributed by atoms with Crippen molar-refractivity contribution < 1.29 is 13.2 Å². The molecule has 1 unspecified atom stereocenters. The Labute approximate surface area is 161 Å². The summed E-state index contributed by atoms with van der Waals surface area (Å²) in [6.45, 7) is 0.753. The average Bonchev–Trinajstić information content (AvgIpc) is 3.05. The van der Waals surface area contributed by atoms with Crippen LogP contribution in [0.5, 0.6) is 0 Å². The average molecular weight is 400 g/mol. The van der Waals surface area contributed by atoms with Gasteiger partial charge >= 0.3 is 5.56 Å². The predicted octanol–water partition coefficient (Wildman–Crippen LogP) is 2.33. The summed E-state index contributed by atoms with van der Waals surface area (Å²) < 4.78 is 30.5. The smallest absolute Gasteiger partial charge is 0.304 e. The van der Waals surface area contributed by atoms with E-state index in [-0.39, 0.29) is 0 Å². The summed E-state index contributed by atoms with van der Waals surface area (Å²) in [4.78, 5) is 21.5. The maximum Gasteiger partial charge on any atom is 0.304 e. The van der Waals surface area contributed by atoms with Crippen LogP contribution in [0.3, 0.4) is 0 Å². The lowest BCUT2D eigenvalue weighted by Crippen LogP contribution is -2.19. The number of aromatic nitrogens is 3. The normalized spacial score (nSPS) is 14.0. The Bertz CT molecular complexity index is 1390. The van der Waals surface area contributed by atoms with Crippen molar-refractivity contribution in [1.82, 2.24) is 18.8 Å². The molecule has 3 aromatic heterocycles. The fraction of sp³-hybridized carbons (Fsp3) is 0.211. The van der Waals surface area contributed by atoms with E-state index >= 15 is 0 Å². The zero-order valence-electron chi connectivity index (χ0n) is 15.5. The Hall–Kier alpha value is -2.88. The number of fused-ring (bicyclic) bond motifs is 2. The van der Waals surface area contributed by atoms with Crippen LogP contribution < -0.4 is 5.56 Å². The lowest BCUT2D eigenvalue weighted by molar-refractivity contribution is 0.414. The van der Waals surface area contributed by atoms with Gasteiger partial charge in [0.15, 0.2) is 5.58 Å². The van der Waals surface area contributed by atoms with Crippen molar-refractivity contribution in [1.29, 1.82) is 0 Å². The Morgan fingerprint density at radius 1 is 1.25 bits per heavy atom. The maximum absolute atomic E-state index is 13.4. The van der Waals surface area contributed by atoms with Crippen LogP contribution in [-0.2, 0) is 16.4 Å². The molecule has 0 aliphatic rings. The number of hydrogen-bond donors (Lipinski definition) is 2. The van der Waals surface area contributed by atoms with Crippen molar-refractivity contribution in [2.75, 3.05) is 20.6 Å². The second-order valence-corrected chi connectivity index (χ2v) is 8.50. The van der Waals surface area contributed by atoms with Crippen LogP contribution in [0, 0.1) is 4.71 Å². The summed E-state index contributed by atoms with van der Waals surface area (Å²) >= 11 is 0. The molecule has 4 aromatic rings. The summed E-state index contributed by atoms with van der Waals surface area (Å²) in [6, 6.07) is 10.1. The molecular formula is C19H20N4O4S. The van der Waals surface area contributed by atoms with E-state index in [1.165, 1.54) is 3.97 Å². The summed E-state index contributed by atoms with van der Waals surface area (Å²) in [5.41, 5.74) is 1.95. The van der Waals surface area contributed by atoms with Crippen LogP contribution in [0.1, 0.15) is 5.56 Å². The third-order valence-electron chi connectivity index (χ3n) is 4.46. The van der Waals surface area contributed by atoms with Crippen LogP contribution in [0.25, 0.3) is 22.1 Å². The molecule has 0 saturated heterocycles. The van der Waals surface area contributed by atoms with E-state index in [4.69, 9.17) is 4.42 Å². The minimum Gasteiger partial charge on any atom is -0.438 e. The summed E-state index contributed by atoms with van der Waals surface area (Å²) in [5.74, 6) is 0. The second-order valence-electron chi connectivity index (χ2n) is 6.74. The van der Waals surface area contributed by atoms with Crippen LogP contribution >= 0.6 is 0 Å². The molecule has 0 saturated carbocycles. The molecule has 146 valence electrons. The van der Waals surface area contributed by atoms with Crippen LogP contribution in [0.15, 0.2) is 58.0 Å². The molecule has 0 aliphatic carbocycles. The summed E-state index contributed by atoms with van der Waals surface area (Å²) in [7, 11) is -0.0954. The molecule has 0 bridgehead atoms. The van der Waals surface area contributed by atoms with Gasteiger partial charge in [-0.15, -0.1) is 0 Å². The van der Waals surface area contributed by atoms with Gasteiger partial charge in [0.05, 0.1) is 16.6 Å². The molecule has 2 N–H and O–H groups in total. The number of pyridine rings is 1. The maximum atomic E-state index is 13.4. The largest absolute Gasteiger partial charge is 0.438 e. The lowest BCUT2D eigenvalue weighted by Gasteiger charge is -2.08. The number of aromatic amines is 1. The zero-order valence-corrected chi connectivity index (χ0v) is 16.3. The van der Waals surface area contributed by atoms with Gasteiger partial charge in [0.25, 0.3) is 4.71 Å². The van der Waals surface area contributed by atoms with Crippen molar-refractivity contribution in [2.45, 2.75) is 6.42 Å². The summed E-state index contributed by atoms with van der Waals surface area (Å²) in [5, 5.41) is 0. The quantitative estimate of drug-likeness (QED) is 0.510. The number of hydrogen-bond acceptors (Lipinski definition) is 5. The number of H-pyrrole nitrogens is 1. The first-order valence-corrected chi connectivity index (χ1v) is 10.2. The molecule has 0 aliphatic heterocycles. The minimum absolute atomic E-state index is 0.321. The fourth-order valence-corrected chi connectivity index (χ4v) is 4.42. The van der Waals surface area contributed by atoms with Crippen LogP contribution in [0.2, 0.25) is 0 Å². The molecule has 0 amide bonds. The van der Waals surface area contributed by atoms with Crippen LogP contribution in [-0.4, -0.2) is 48.2 Å². The molecule has 3 heterocycles. The highest BCUT2D eigenvalue weighted by atomic mass is 32.2. The second kappa shape index (κ2) is 6.93. The van der Waals surface area contributed by atoms with Gasteiger partial charge in [-0.25, -0.2) is 8.18 Å². The molecular weight excluding hydrogens is 380 g/mol. The standard InChI is InChI=1S/C19H20N4O4S/c1-22(2)11-9-13-12-23(15-7-5-10-20-17(13)15)28(25,26)19-18(24)21-14-6-3-4-8-16(14)27-19/h3-8,10,12H,9,11H2,1-2H3,(H,21,24)(H,25,26). The number of rotatable bonds is 4. The van der Waals surface area contributed by atoms with Gasteiger partial charge in [-0.2, -0.15) is 0 Å². The van der Waals surface area contributed by atoms with Crippen molar-refractivity contribution >= 4 is 32.1 Å². The molecule has 28 heavy (non-hydrogen) atoms. The van der Waals surface area contributed by atoms with E-state index in [0.29, 0.717) is 28.6 Å². The van der Waals surface area contributed by atoms with Gasteiger partial charge in [0.1, 0.15) is 0 Å². The Morgan fingerprint density at radius 2 is 2.04 bits per heavy atom. The third-order valence-corrected chi connectivity index (χ3v) is 6.05. The Morgan fingerprint density at radius 3 is 2.82 bits per heavy atom. The Balaban J connectivity index is 2.04. The van der Waals surface area contributed by atoms with Crippen molar-refractivity contribution in [3.63, 3.8) is 0 Å². The van der Waals surface area contributed by atoms with E-state index in [1.807, 2.05) is 19.0 Å². The van der Waals surface area contributed by atoms with Gasteiger partial charge in [-0.1, -0.05) is 12.1 Å². The SMILES string of the molecule is CN(C)CCc1cn(S(=O)(O)=c2oc3ccccc3[nH]c2=O)c2cccnc12. The van der Waals surface area contributed by atoms with E-state index < -0.39 is 20.3 Å². The molecule has 8 nitrogen and oxygen atoms in total. The molecule has 1 aromatic carbocycles. The number of benzene rings is 1. The van der Waals surface area contributed by atoms with Gasteiger partial charge in [0, 0.05) is 18.9 Å². The first-order valence-electron chi connectivity index (χ1n) is 8.70. The van der Waals surface area contributed by atoms with Crippen molar-refractivity contribution in [3.05, 3.63) is 69.4 Å². The van der Waals surface area contributed by atoms with E-state index in [0.717, 1.165) is 12.1 Å². The topological polar surface area (TPSA) is 104 Å². The lowest BCUT2D eigenvalue weighted by atomic mass is 10.2. The highest BCUT2D eigenvalue weighted by molar-refractivity contribution is 7.88. The Kier molecular flexibility index (Phi) is 4.58. The number of nitrogens with one attached hydrogen (secondary N) is 1. The first-order chi connectivity index (χ1) is 13.4. The summed E-state index contributed by atoms with van der Waals surface area (Å²) in [6.07, 6.45) is 3.86. The minimum atomic E-state index is -4.00. The van der Waals surface area contributed by atoms with Crippen molar-refractivity contribution in [3.8, 4) is 0 Å². The molecule has 4 rings (SSSR count). The van der Waals surface area contributed by atoms with E-state index in [1.54, 1.807) is 48.8 Å². The van der Waals surface area contributed by atoms with Crippen LogP contribution in [0.4, 0.5) is 0 Å². The first kappa shape index (κ1) is 18.5. The molecule has 0 radical (unpaired) electrons. The van der Waals surface area contributed by atoms with Gasteiger partial charge in [-0.3, -0.25) is 14.3 Å². The van der Waals surface area contributed by atoms with E-state index in [2.05, 4.69) is 9.97 Å². The van der Waals surface area contributed by atoms with Crippen molar-refractivity contribution in [2.24, 2.45) is 0 Å². The number of likely N-dealkylation sites (N-methyl/N-ethyl adjacent to an activating group) is 1. The predicted molar refractivity (Wildman–Crippen MR) is 108 cm³/mol. The third kappa shape index (κ3) is 3.13. The molecule has 1 atom stereocenters. The molecule has 0 spiro atoms. The van der Waals surface area contributed by atoms with E-state index in [9.17, 15) is 13.6 Å². The highest BCUT2D eigenvalue weighted by Gasteiger charge is 2.19. The fourth-order valence-electron chi connectivity index (χ4n) is 3.07. The molecule has 9 heteroatoms. The number of nitrogens with zero attached hydrogens (tertiary/aromatic N) is 3. The molecule has 0 fully saturated rings.